The summed E-state index contributed by atoms with van der Waals surface area (Å²) < 4.78 is 6.18. The van der Waals surface area contributed by atoms with Gasteiger partial charge in [-0.3, -0.25) is 0 Å². The molecular weight excluding hydrogens is 328 g/mol. The van der Waals surface area contributed by atoms with Crippen LogP contribution in [0.2, 0.25) is 0 Å². The fourth-order valence-corrected chi connectivity index (χ4v) is 4.15. The van der Waals surface area contributed by atoms with Gasteiger partial charge in [-0.1, -0.05) is 6.07 Å². The lowest BCUT2D eigenvalue weighted by Crippen LogP contribution is -2.04. The van der Waals surface area contributed by atoms with Gasteiger partial charge in [0.15, 0.2) is 0 Å². The first-order valence-corrected chi connectivity index (χ1v) is 9.30. The summed E-state index contributed by atoms with van der Waals surface area (Å²) in [6.07, 6.45) is 3.60. The highest BCUT2D eigenvalue weighted by Crippen LogP contribution is 2.37. The molecule has 23 heavy (non-hydrogen) atoms. The number of nitrogens with zero attached hydrogens (tertiary/aromatic N) is 2. The summed E-state index contributed by atoms with van der Waals surface area (Å²) >= 11 is 3.24. The van der Waals surface area contributed by atoms with Crippen molar-refractivity contribution >= 4 is 39.3 Å². The zero-order chi connectivity index (χ0) is 16.4. The van der Waals surface area contributed by atoms with E-state index in [-0.39, 0.29) is 5.97 Å². The van der Waals surface area contributed by atoms with Crippen LogP contribution in [0.15, 0.2) is 34.9 Å². The van der Waals surface area contributed by atoms with E-state index < -0.39 is 0 Å². The second-order valence-corrected chi connectivity index (χ2v) is 6.63. The zero-order valence-corrected chi connectivity index (χ0v) is 14.8. The summed E-state index contributed by atoms with van der Waals surface area (Å²) in [7, 11) is 0. The lowest BCUT2D eigenvalue weighted by molar-refractivity contribution is 0.0526. The van der Waals surface area contributed by atoms with E-state index >= 15 is 0 Å². The fourth-order valence-electron chi connectivity index (χ4n) is 2.42. The van der Waals surface area contributed by atoms with Crippen molar-refractivity contribution in [3.05, 3.63) is 41.0 Å². The van der Waals surface area contributed by atoms with Gasteiger partial charge in [-0.05, 0) is 43.4 Å². The summed E-state index contributed by atoms with van der Waals surface area (Å²) in [4.78, 5) is 20.8. The van der Waals surface area contributed by atoms with Crippen molar-refractivity contribution in [1.29, 1.82) is 0 Å². The number of aromatic nitrogens is 2. The molecule has 1 aromatic carbocycles. The van der Waals surface area contributed by atoms with E-state index in [4.69, 9.17) is 4.74 Å². The Hall–Kier alpha value is -1.92. The van der Waals surface area contributed by atoms with Gasteiger partial charge >= 0.3 is 5.97 Å². The van der Waals surface area contributed by atoms with E-state index in [1.165, 1.54) is 0 Å². The molecule has 0 saturated heterocycles. The second kappa shape index (κ2) is 6.68. The van der Waals surface area contributed by atoms with E-state index in [1.807, 2.05) is 25.3 Å². The third kappa shape index (κ3) is 2.96. The van der Waals surface area contributed by atoms with E-state index in [1.54, 1.807) is 42.4 Å². The Morgan fingerprint density at radius 1 is 1.30 bits per heavy atom. The largest absolute Gasteiger partial charge is 0.462 e. The number of benzene rings is 1. The monoisotopic (exact) mass is 344 g/mol. The van der Waals surface area contributed by atoms with Crippen molar-refractivity contribution in [3.63, 3.8) is 0 Å². The topological polar surface area (TPSA) is 52.1 Å². The molecule has 0 N–H and O–H groups in total. The standard InChI is InChI=1S/C17H16N2O2S2/c1-4-21-17(20)11-6-5-10(2)12(7-11)13-8-23-15-14(13)18-9-19-16(15)22-3/h5-9H,4H2,1-3H3. The summed E-state index contributed by atoms with van der Waals surface area (Å²) in [5, 5.41) is 3.06. The lowest BCUT2D eigenvalue weighted by Gasteiger charge is -2.08. The van der Waals surface area contributed by atoms with Crippen molar-refractivity contribution in [2.24, 2.45) is 0 Å². The molecule has 0 bridgehead atoms. The van der Waals surface area contributed by atoms with Gasteiger partial charge < -0.3 is 4.74 Å². The number of fused-ring (bicyclic) bond motifs is 1. The molecule has 0 radical (unpaired) electrons. The molecule has 0 amide bonds. The quantitative estimate of drug-likeness (QED) is 0.394. The van der Waals surface area contributed by atoms with Gasteiger partial charge in [0.25, 0.3) is 0 Å². The molecule has 0 fully saturated rings. The van der Waals surface area contributed by atoms with Gasteiger partial charge in [-0.15, -0.1) is 23.1 Å². The molecule has 3 aromatic rings. The maximum atomic E-state index is 12.0. The summed E-state index contributed by atoms with van der Waals surface area (Å²) in [5.41, 5.74) is 4.63. The molecule has 0 aliphatic rings. The number of rotatable bonds is 4. The van der Waals surface area contributed by atoms with Crippen molar-refractivity contribution in [2.75, 3.05) is 12.9 Å². The van der Waals surface area contributed by atoms with Crippen LogP contribution in [-0.2, 0) is 4.74 Å². The number of esters is 1. The molecule has 3 rings (SSSR count). The maximum absolute atomic E-state index is 12.0. The van der Waals surface area contributed by atoms with Crippen LogP contribution in [0.5, 0.6) is 0 Å². The Balaban J connectivity index is 2.15. The number of hydrogen-bond acceptors (Lipinski definition) is 6. The molecule has 6 heteroatoms. The number of thiophene rings is 1. The predicted octanol–water partition coefficient (Wildman–Crippen LogP) is 4.57. The average Bonchev–Trinajstić information content (AvgIpc) is 2.99. The van der Waals surface area contributed by atoms with E-state index in [0.29, 0.717) is 12.2 Å². The van der Waals surface area contributed by atoms with Crippen LogP contribution in [0.1, 0.15) is 22.8 Å². The van der Waals surface area contributed by atoms with Gasteiger partial charge in [0.2, 0.25) is 0 Å². The third-order valence-corrected chi connectivity index (χ3v) is 5.35. The summed E-state index contributed by atoms with van der Waals surface area (Å²) in [6.45, 7) is 4.21. The number of aryl methyl sites for hydroxylation is 1. The first-order chi connectivity index (χ1) is 11.2. The van der Waals surface area contributed by atoms with Crippen molar-refractivity contribution in [1.82, 2.24) is 9.97 Å². The molecule has 0 saturated carbocycles. The van der Waals surface area contributed by atoms with E-state index in [2.05, 4.69) is 15.3 Å². The highest BCUT2D eigenvalue weighted by Gasteiger charge is 2.15. The van der Waals surface area contributed by atoms with Crippen molar-refractivity contribution in [3.8, 4) is 11.1 Å². The van der Waals surface area contributed by atoms with Gasteiger partial charge in [-0.2, -0.15) is 0 Å². The van der Waals surface area contributed by atoms with Crippen LogP contribution in [0.25, 0.3) is 21.3 Å². The minimum atomic E-state index is -0.298. The molecule has 0 spiro atoms. The predicted molar refractivity (Wildman–Crippen MR) is 95.3 cm³/mol. The molecule has 4 nitrogen and oxygen atoms in total. The Labute approximate surface area is 142 Å². The van der Waals surface area contributed by atoms with Crippen molar-refractivity contribution < 1.29 is 9.53 Å². The lowest BCUT2D eigenvalue weighted by atomic mass is 9.99. The zero-order valence-electron chi connectivity index (χ0n) is 13.1. The van der Waals surface area contributed by atoms with Crippen molar-refractivity contribution in [2.45, 2.75) is 18.9 Å². The van der Waals surface area contributed by atoms with E-state index in [0.717, 1.165) is 31.9 Å². The van der Waals surface area contributed by atoms with Crippen LogP contribution in [-0.4, -0.2) is 28.8 Å². The van der Waals surface area contributed by atoms with Crippen LogP contribution < -0.4 is 0 Å². The molecule has 2 heterocycles. The second-order valence-electron chi connectivity index (χ2n) is 4.96. The number of hydrogen-bond donors (Lipinski definition) is 0. The Bertz CT molecular complexity index is 874. The van der Waals surface area contributed by atoms with Gasteiger partial charge in [-0.25, -0.2) is 14.8 Å². The minimum Gasteiger partial charge on any atom is -0.462 e. The van der Waals surface area contributed by atoms with Crippen LogP contribution >= 0.6 is 23.1 Å². The Morgan fingerprint density at radius 2 is 2.13 bits per heavy atom. The molecule has 0 aliphatic carbocycles. The van der Waals surface area contributed by atoms with Crippen LogP contribution in [0.3, 0.4) is 0 Å². The molecular formula is C17H16N2O2S2. The molecule has 0 unspecified atom stereocenters. The molecule has 0 atom stereocenters. The highest BCUT2D eigenvalue weighted by molar-refractivity contribution is 7.98. The third-order valence-electron chi connectivity index (χ3n) is 3.55. The Morgan fingerprint density at radius 3 is 2.87 bits per heavy atom. The molecule has 2 aromatic heterocycles. The average molecular weight is 344 g/mol. The highest BCUT2D eigenvalue weighted by atomic mass is 32.2. The normalized spacial score (nSPS) is 10.9. The van der Waals surface area contributed by atoms with Gasteiger partial charge in [0, 0.05) is 10.9 Å². The van der Waals surface area contributed by atoms with Gasteiger partial charge in [0.1, 0.15) is 11.4 Å². The number of carbonyl (C=O) groups excluding carboxylic acids is 1. The van der Waals surface area contributed by atoms with Gasteiger partial charge in [0.05, 0.1) is 22.4 Å². The number of thioether (sulfide) groups is 1. The first kappa shape index (κ1) is 16.0. The SMILES string of the molecule is CCOC(=O)c1ccc(C)c(-c2csc3c(SC)ncnc23)c1. The summed E-state index contributed by atoms with van der Waals surface area (Å²) in [6, 6.07) is 5.63. The Kier molecular flexibility index (Phi) is 4.63. The minimum absolute atomic E-state index is 0.298. The van der Waals surface area contributed by atoms with E-state index in [9.17, 15) is 4.79 Å². The number of ether oxygens (including phenoxy) is 1. The number of carbonyl (C=O) groups is 1. The maximum Gasteiger partial charge on any atom is 0.338 e. The van der Waals surface area contributed by atoms with Crippen LogP contribution in [0.4, 0.5) is 0 Å². The van der Waals surface area contributed by atoms with Crippen LogP contribution in [0, 0.1) is 6.92 Å². The fraction of sp³-hybridized carbons (Fsp3) is 0.235. The smallest absolute Gasteiger partial charge is 0.338 e. The molecule has 118 valence electrons. The first-order valence-electron chi connectivity index (χ1n) is 7.20. The molecule has 0 aliphatic heterocycles. The summed E-state index contributed by atoms with van der Waals surface area (Å²) in [5.74, 6) is -0.298.